The molecular weight excluding hydrogens is 308 g/mol. The molecule has 0 bridgehead atoms. The van der Waals surface area contributed by atoms with Crippen molar-refractivity contribution in [3.63, 3.8) is 0 Å². The minimum Gasteiger partial charge on any atom is -0.328 e. The Morgan fingerprint density at radius 1 is 1.13 bits per heavy atom. The van der Waals surface area contributed by atoms with Gasteiger partial charge in [0.15, 0.2) is 5.82 Å². The molecule has 0 spiro atoms. The monoisotopic (exact) mass is 334 g/mol. The van der Waals surface area contributed by atoms with Crippen LogP contribution in [-0.4, -0.2) is 20.8 Å². The summed E-state index contributed by atoms with van der Waals surface area (Å²) in [7, 11) is 0. The number of unbranched alkanes of at least 4 members (excludes halogenated alkanes) is 1. The molecular formula is C18H27ClN4. The fourth-order valence-corrected chi connectivity index (χ4v) is 3.22. The standard InChI is InChI=1S/C18H26N4.ClH/c1-2-3-13-22-18(15-9-11-16(19)12-10-15)20-17(21-22)14-7-5-4-6-8-14;/h4-8,15-16H,2-3,9-13,19H2,1H3;1H. The predicted octanol–water partition coefficient (Wildman–Crippen LogP) is 4.15. The lowest BCUT2D eigenvalue weighted by Gasteiger charge is -2.25. The van der Waals surface area contributed by atoms with E-state index >= 15 is 0 Å². The molecule has 1 fully saturated rings. The number of hydrogen-bond donors (Lipinski definition) is 1. The maximum Gasteiger partial charge on any atom is 0.181 e. The normalized spacial score (nSPS) is 21.0. The van der Waals surface area contributed by atoms with Gasteiger partial charge in [0.2, 0.25) is 0 Å². The van der Waals surface area contributed by atoms with Crippen molar-refractivity contribution >= 4 is 12.4 Å². The van der Waals surface area contributed by atoms with Crippen LogP contribution in [0.5, 0.6) is 0 Å². The summed E-state index contributed by atoms with van der Waals surface area (Å²) in [5.74, 6) is 2.54. The van der Waals surface area contributed by atoms with Gasteiger partial charge in [-0.1, -0.05) is 43.7 Å². The molecule has 4 nitrogen and oxygen atoms in total. The zero-order valence-corrected chi connectivity index (χ0v) is 14.6. The van der Waals surface area contributed by atoms with E-state index in [9.17, 15) is 0 Å². The quantitative estimate of drug-likeness (QED) is 0.893. The number of aromatic nitrogens is 3. The Kier molecular flexibility index (Phi) is 6.60. The van der Waals surface area contributed by atoms with Crippen LogP contribution in [0, 0.1) is 0 Å². The van der Waals surface area contributed by atoms with E-state index in [0.717, 1.165) is 50.0 Å². The second-order valence-electron chi connectivity index (χ2n) is 6.35. The molecule has 23 heavy (non-hydrogen) atoms. The number of benzene rings is 1. The van der Waals surface area contributed by atoms with Crippen molar-refractivity contribution in [2.45, 2.75) is 64.0 Å². The van der Waals surface area contributed by atoms with Gasteiger partial charge in [-0.25, -0.2) is 9.67 Å². The molecule has 0 radical (unpaired) electrons. The fourth-order valence-electron chi connectivity index (χ4n) is 3.22. The minimum absolute atomic E-state index is 0. The Bertz CT molecular complexity index is 588. The molecule has 1 aromatic carbocycles. The Morgan fingerprint density at radius 3 is 2.48 bits per heavy atom. The van der Waals surface area contributed by atoms with Gasteiger partial charge >= 0.3 is 0 Å². The topological polar surface area (TPSA) is 56.7 Å². The number of nitrogens with zero attached hydrogens (tertiary/aromatic N) is 3. The third-order valence-electron chi connectivity index (χ3n) is 4.59. The molecule has 2 aromatic rings. The first-order valence-corrected chi connectivity index (χ1v) is 8.53. The highest BCUT2D eigenvalue weighted by Gasteiger charge is 2.25. The third kappa shape index (κ3) is 4.33. The third-order valence-corrected chi connectivity index (χ3v) is 4.59. The van der Waals surface area contributed by atoms with E-state index in [0.29, 0.717) is 12.0 Å². The lowest BCUT2D eigenvalue weighted by Crippen LogP contribution is -2.27. The summed E-state index contributed by atoms with van der Waals surface area (Å²) >= 11 is 0. The van der Waals surface area contributed by atoms with E-state index in [4.69, 9.17) is 15.8 Å². The molecule has 0 saturated heterocycles. The Morgan fingerprint density at radius 2 is 1.83 bits per heavy atom. The van der Waals surface area contributed by atoms with Gasteiger partial charge in [0.1, 0.15) is 5.82 Å². The Hall–Kier alpha value is -1.39. The highest BCUT2D eigenvalue weighted by atomic mass is 35.5. The summed E-state index contributed by atoms with van der Waals surface area (Å²) < 4.78 is 2.15. The second-order valence-corrected chi connectivity index (χ2v) is 6.35. The number of rotatable bonds is 5. The van der Waals surface area contributed by atoms with Crippen LogP contribution in [0.25, 0.3) is 11.4 Å². The lowest BCUT2D eigenvalue weighted by molar-refractivity contribution is 0.369. The Labute approximate surface area is 144 Å². The van der Waals surface area contributed by atoms with E-state index in [1.807, 2.05) is 18.2 Å². The predicted molar refractivity (Wildman–Crippen MR) is 96.8 cm³/mol. The molecule has 1 saturated carbocycles. The maximum atomic E-state index is 6.05. The average molecular weight is 335 g/mol. The van der Waals surface area contributed by atoms with Crippen molar-refractivity contribution in [1.82, 2.24) is 14.8 Å². The average Bonchev–Trinajstić information content (AvgIpc) is 2.98. The van der Waals surface area contributed by atoms with E-state index in [-0.39, 0.29) is 12.4 Å². The molecule has 0 aliphatic heterocycles. The van der Waals surface area contributed by atoms with Crippen molar-refractivity contribution < 1.29 is 0 Å². The van der Waals surface area contributed by atoms with Gasteiger partial charge in [0.05, 0.1) is 0 Å². The van der Waals surface area contributed by atoms with Gasteiger partial charge in [-0.05, 0) is 32.1 Å². The molecule has 1 heterocycles. The van der Waals surface area contributed by atoms with Crippen LogP contribution in [0.2, 0.25) is 0 Å². The molecule has 2 N–H and O–H groups in total. The first-order valence-electron chi connectivity index (χ1n) is 8.53. The van der Waals surface area contributed by atoms with E-state index in [2.05, 4.69) is 23.7 Å². The lowest BCUT2D eigenvalue weighted by atomic mass is 9.86. The van der Waals surface area contributed by atoms with E-state index in [1.165, 1.54) is 12.2 Å². The molecule has 1 aliphatic rings. The second kappa shape index (κ2) is 8.46. The summed E-state index contributed by atoms with van der Waals surface area (Å²) in [6, 6.07) is 10.7. The van der Waals surface area contributed by atoms with E-state index < -0.39 is 0 Å². The van der Waals surface area contributed by atoms with Gasteiger partial charge < -0.3 is 5.73 Å². The van der Waals surface area contributed by atoms with Crippen LogP contribution in [0.1, 0.15) is 57.2 Å². The molecule has 3 rings (SSSR count). The van der Waals surface area contributed by atoms with Crippen LogP contribution < -0.4 is 5.73 Å². The number of aryl methyl sites for hydroxylation is 1. The first-order chi connectivity index (χ1) is 10.8. The van der Waals surface area contributed by atoms with Gasteiger partial charge in [-0.2, -0.15) is 5.10 Å². The van der Waals surface area contributed by atoms with Crippen LogP contribution >= 0.6 is 12.4 Å². The Balaban J connectivity index is 0.00000192. The molecule has 126 valence electrons. The summed E-state index contributed by atoms with van der Waals surface area (Å²) in [6.07, 6.45) is 6.81. The number of hydrogen-bond acceptors (Lipinski definition) is 3. The van der Waals surface area contributed by atoms with E-state index in [1.54, 1.807) is 0 Å². The van der Waals surface area contributed by atoms with Crippen molar-refractivity contribution in [2.24, 2.45) is 5.73 Å². The molecule has 0 amide bonds. The summed E-state index contributed by atoms with van der Waals surface area (Å²) in [6.45, 7) is 3.18. The highest BCUT2D eigenvalue weighted by molar-refractivity contribution is 5.85. The van der Waals surface area contributed by atoms with Crippen molar-refractivity contribution in [1.29, 1.82) is 0 Å². The first kappa shape index (κ1) is 18.0. The van der Waals surface area contributed by atoms with Gasteiger partial charge in [-0.3, -0.25) is 0 Å². The number of halogens is 1. The SMILES string of the molecule is CCCCn1nc(-c2ccccc2)nc1C1CCC(N)CC1.Cl. The fraction of sp³-hybridized carbons (Fsp3) is 0.556. The number of nitrogens with two attached hydrogens (primary N) is 1. The minimum atomic E-state index is 0. The summed E-state index contributed by atoms with van der Waals surface area (Å²) in [5, 5.41) is 4.79. The zero-order chi connectivity index (χ0) is 15.4. The van der Waals surface area contributed by atoms with Gasteiger partial charge in [0.25, 0.3) is 0 Å². The van der Waals surface area contributed by atoms with Crippen LogP contribution in [0.4, 0.5) is 0 Å². The molecule has 1 aliphatic carbocycles. The van der Waals surface area contributed by atoms with Gasteiger partial charge in [0, 0.05) is 24.1 Å². The highest BCUT2D eigenvalue weighted by Crippen LogP contribution is 2.32. The largest absolute Gasteiger partial charge is 0.328 e. The van der Waals surface area contributed by atoms with Crippen LogP contribution in [0.15, 0.2) is 30.3 Å². The van der Waals surface area contributed by atoms with Crippen LogP contribution in [-0.2, 0) is 6.54 Å². The van der Waals surface area contributed by atoms with Crippen LogP contribution in [0.3, 0.4) is 0 Å². The maximum absolute atomic E-state index is 6.05. The summed E-state index contributed by atoms with van der Waals surface area (Å²) in [4.78, 5) is 4.89. The molecule has 1 aromatic heterocycles. The van der Waals surface area contributed by atoms with Crippen molar-refractivity contribution in [2.75, 3.05) is 0 Å². The van der Waals surface area contributed by atoms with Crippen molar-refractivity contribution in [3.8, 4) is 11.4 Å². The van der Waals surface area contributed by atoms with Gasteiger partial charge in [-0.15, -0.1) is 12.4 Å². The summed E-state index contributed by atoms with van der Waals surface area (Å²) in [5.41, 5.74) is 7.15. The molecule has 5 heteroatoms. The smallest absolute Gasteiger partial charge is 0.181 e. The zero-order valence-electron chi connectivity index (χ0n) is 13.8. The van der Waals surface area contributed by atoms with Crippen molar-refractivity contribution in [3.05, 3.63) is 36.2 Å². The molecule has 0 atom stereocenters. The molecule has 0 unspecified atom stereocenters.